The van der Waals surface area contributed by atoms with Crippen LogP contribution in [-0.2, 0) is 4.79 Å². The Kier molecular flexibility index (Phi) is 7.80. The quantitative estimate of drug-likeness (QED) is 0.675. The van der Waals surface area contributed by atoms with Crippen molar-refractivity contribution < 1.29 is 14.7 Å². The van der Waals surface area contributed by atoms with Crippen LogP contribution >= 0.6 is 11.8 Å². The van der Waals surface area contributed by atoms with Crippen LogP contribution in [0.3, 0.4) is 0 Å². The SMILES string of the molecule is CCCC(CNC(=O)NC1CCCCC1SC)C(=O)O. The summed E-state index contributed by atoms with van der Waals surface area (Å²) in [4.78, 5) is 22.9. The van der Waals surface area contributed by atoms with E-state index in [1.54, 1.807) is 11.8 Å². The molecule has 0 spiro atoms. The van der Waals surface area contributed by atoms with Gasteiger partial charge in [0.25, 0.3) is 0 Å². The third-order valence-electron chi connectivity index (χ3n) is 3.82. The van der Waals surface area contributed by atoms with Crippen LogP contribution in [-0.4, -0.2) is 41.2 Å². The molecule has 0 bridgehead atoms. The van der Waals surface area contributed by atoms with Gasteiger partial charge in [0.1, 0.15) is 0 Å². The zero-order chi connectivity index (χ0) is 15.0. The fourth-order valence-electron chi connectivity index (χ4n) is 2.64. The van der Waals surface area contributed by atoms with Crippen molar-refractivity contribution in [3.8, 4) is 0 Å². The van der Waals surface area contributed by atoms with Crippen molar-refractivity contribution in [3.05, 3.63) is 0 Å². The van der Waals surface area contributed by atoms with E-state index in [0.717, 1.165) is 25.7 Å². The predicted octanol–water partition coefficient (Wildman–Crippen LogP) is 2.46. The van der Waals surface area contributed by atoms with E-state index in [1.165, 1.54) is 6.42 Å². The first-order valence-corrected chi connectivity index (χ1v) is 8.67. The lowest BCUT2D eigenvalue weighted by molar-refractivity contribution is -0.141. The van der Waals surface area contributed by atoms with Crippen molar-refractivity contribution in [1.29, 1.82) is 0 Å². The van der Waals surface area contributed by atoms with Crippen LogP contribution in [0.4, 0.5) is 4.79 Å². The van der Waals surface area contributed by atoms with Crippen LogP contribution in [0.25, 0.3) is 0 Å². The average Bonchev–Trinajstić information content (AvgIpc) is 2.43. The summed E-state index contributed by atoms with van der Waals surface area (Å²) in [5.74, 6) is -1.33. The Bertz CT molecular complexity index is 326. The zero-order valence-electron chi connectivity index (χ0n) is 12.4. The topological polar surface area (TPSA) is 78.4 Å². The maximum absolute atomic E-state index is 11.9. The molecule has 1 fully saturated rings. The van der Waals surface area contributed by atoms with Gasteiger partial charge in [-0.05, 0) is 25.5 Å². The molecule has 116 valence electrons. The first-order chi connectivity index (χ1) is 9.58. The number of hydrogen-bond acceptors (Lipinski definition) is 3. The van der Waals surface area contributed by atoms with Crippen LogP contribution in [0.5, 0.6) is 0 Å². The summed E-state index contributed by atoms with van der Waals surface area (Å²) < 4.78 is 0. The van der Waals surface area contributed by atoms with E-state index in [-0.39, 0.29) is 18.6 Å². The Balaban J connectivity index is 2.36. The molecule has 3 atom stereocenters. The molecule has 1 rings (SSSR count). The molecule has 0 saturated heterocycles. The minimum absolute atomic E-state index is 0.200. The second-order valence-corrected chi connectivity index (χ2v) is 6.42. The van der Waals surface area contributed by atoms with Gasteiger partial charge in [-0.3, -0.25) is 4.79 Å². The van der Waals surface area contributed by atoms with Gasteiger partial charge in [-0.15, -0.1) is 0 Å². The highest BCUT2D eigenvalue weighted by Crippen LogP contribution is 2.26. The molecule has 1 aliphatic rings. The Hall–Kier alpha value is -0.910. The lowest BCUT2D eigenvalue weighted by atomic mass is 9.95. The summed E-state index contributed by atoms with van der Waals surface area (Å²) in [6.45, 7) is 2.15. The van der Waals surface area contributed by atoms with Gasteiger partial charge in [0.2, 0.25) is 0 Å². The highest BCUT2D eigenvalue weighted by molar-refractivity contribution is 7.99. The smallest absolute Gasteiger partial charge is 0.315 e. The van der Waals surface area contributed by atoms with Gasteiger partial charge in [-0.25, -0.2) is 4.79 Å². The van der Waals surface area contributed by atoms with Gasteiger partial charge >= 0.3 is 12.0 Å². The van der Waals surface area contributed by atoms with E-state index in [2.05, 4.69) is 16.9 Å². The maximum atomic E-state index is 11.9. The molecule has 0 aromatic heterocycles. The lowest BCUT2D eigenvalue weighted by Crippen LogP contribution is -2.49. The molecular weight excluding hydrogens is 276 g/mol. The van der Waals surface area contributed by atoms with E-state index >= 15 is 0 Å². The van der Waals surface area contributed by atoms with E-state index in [4.69, 9.17) is 5.11 Å². The summed E-state index contributed by atoms with van der Waals surface area (Å²) >= 11 is 1.80. The van der Waals surface area contributed by atoms with Crippen molar-refractivity contribution in [3.63, 3.8) is 0 Å². The van der Waals surface area contributed by atoms with Crippen LogP contribution in [0.1, 0.15) is 45.4 Å². The molecule has 3 N–H and O–H groups in total. The fourth-order valence-corrected chi connectivity index (χ4v) is 3.58. The van der Waals surface area contributed by atoms with Crippen LogP contribution < -0.4 is 10.6 Å². The number of carboxylic acid groups (broad SMARTS) is 1. The number of thioether (sulfide) groups is 1. The van der Waals surface area contributed by atoms with E-state index in [1.807, 2.05) is 6.92 Å². The Morgan fingerprint density at radius 1 is 1.35 bits per heavy atom. The third kappa shape index (κ3) is 5.61. The van der Waals surface area contributed by atoms with Crippen LogP contribution in [0.15, 0.2) is 0 Å². The largest absolute Gasteiger partial charge is 0.481 e. The summed E-state index contributed by atoms with van der Waals surface area (Å²) in [5.41, 5.74) is 0. The fraction of sp³-hybridized carbons (Fsp3) is 0.857. The van der Waals surface area contributed by atoms with E-state index in [0.29, 0.717) is 11.7 Å². The number of carbonyl (C=O) groups excluding carboxylic acids is 1. The van der Waals surface area contributed by atoms with Crippen LogP contribution in [0, 0.1) is 5.92 Å². The van der Waals surface area contributed by atoms with Gasteiger partial charge in [-0.2, -0.15) is 11.8 Å². The number of nitrogens with one attached hydrogen (secondary N) is 2. The van der Waals surface area contributed by atoms with Crippen molar-refractivity contribution in [2.24, 2.45) is 5.92 Å². The average molecular weight is 302 g/mol. The molecule has 1 saturated carbocycles. The second kappa shape index (κ2) is 9.10. The van der Waals surface area contributed by atoms with Crippen molar-refractivity contribution in [1.82, 2.24) is 10.6 Å². The van der Waals surface area contributed by atoms with Crippen LogP contribution in [0.2, 0.25) is 0 Å². The number of amides is 2. The number of carbonyl (C=O) groups is 2. The summed E-state index contributed by atoms with van der Waals surface area (Å²) in [5, 5.41) is 15.2. The number of hydrogen-bond donors (Lipinski definition) is 3. The van der Waals surface area contributed by atoms with Crippen molar-refractivity contribution >= 4 is 23.8 Å². The molecule has 5 nitrogen and oxygen atoms in total. The van der Waals surface area contributed by atoms with Gasteiger partial charge < -0.3 is 15.7 Å². The van der Waals surface area contributed by atoms with Gasteiger partial charge in [-0.1, -0.05) is 26.2 Å². The molecule has 2 amide bonds. The number of rotatable bonds is 7. The first-order valence-electron chi connectivity index (χ1n) is 7.38. The summed E-state index contributed by atoms with van der Waals surface area (Å²) in [6, 6.07) is -0.0356. The molecular formula is C14H26N2O3S. The van der Waals surface area contributed by atoms with E-state index in [9.17, 15) is 9.59 Å². The Morgan fingerprint density at radius 2 is 2.05 bits per heavy atom. The second-order valence-electron chi connectivity index (χ2n) is 5.34. The molecule has 0 heterocycles. The normalized spacial score (nSPS) is 23.9. The van der Waals surface area contributed by atoms with Gasteiger partial charge in [0, 0.05) is 17.8 Å². The lowest BCUT2D eigenvalue weighted by Gasteiger charge is -2.31. The molecule has 3 unspecified atom stereocenters. The standard InChI is InChI=1S/C14H26N2O3S/c1-3-6-10(13(17)18)9-15-14(19)16-11-7-4-5-8-12(11)20-2/h10-12H,3-9H2,1-2H3,(H,17,18)(H2,15,16,19). The zero-order valence-corrected chi connectivity index (χ0v) is 13.2. The minimum atomic E-state index is -0.841. The van der Waals surface area contributed by atoms with Gasteiger partial charge in [0.15, 0.2) is 0 Å². The molecule has 6 heteroatoms. The highest BCUT2D eigenvalue weighted by atomic mass is 32.2. The summed E-state index contributed by atoms with van der Waals surface area (Å²) in [7, 11) is 0. The molecule has 0 aromatic carbocycles. The molecule has 0 aromatic rings. The maximum Gasteiger partial charge on any atom is 0.315 e. The van der Waals surface area contributed by atoms with Crippen molar-refractivity contribution in [2.45, 2.75) is 56.7 Å². The molecule has 0 aliphatic heterocycles. The Morgan fingerprint density at radius 3 is 2.65 bits per heavy atom. The highest BCUT2D eigenvalue weighted by Gasteiger charge is 2.26. The minimum Gasteiger partial charge on any atom is -0.481 e. The number of urea groups is 1. The first kappa shape index (κ1) is 17.1. The third-order valence-corrected chi connectivity index (χ3v) is 4.99. The van der Waals surface area contributed by atoms with Gasteiger partial charge in [0.05, 0.1) is 5.92 Å². The molecule has 0 radical (unpaired) electrons. The van der Waals surface area contributed by atoms with E-state index < -0.39 is 11.9 Å². The summed E-state index contributed by atoms with van der Waals surface area (Å²) in [6.07, 6.45) is 7.99. The monoisotopic (exact) mass is 302 g/mol. The number of carboxylic acids is 1. The Labute approximate surface area is 125 Å². The number of aliphatic carboxylic acids is 1. The molecule has 20 heavy (non-hydrogen) atoms. The predicted molar refractivity (Wildman–Crippen MR) is 82.1 cm³/mol. The molecule has 1 aliphatic carbocycles. The van der Waals surface area contributed by atoms with Crippen molar-refractivity contribution in [2.75, 3.05) is 12.8 Å².